The molecule has 4 nitrogen and oxygen atoms in total. The number of fused-ring (bicyclic) bond motifs is 1. The first-order valence-corrected chi connectivity index (χ1v) is 8.54. The van der Waals surface area contributed by atoms with Crippen LogP contribution in [0.5, 0.6) is 0 Å². The molecule has 0 N–H and O–H groups in total. The highest BCUT2D eigenvalue weighted by atomic mass is 15.3. The highest BCUT2D eigenvalue weighted by molar-refractivity contribution is 4.96. The van der Waals surface area contributed by atoms with Gasteiger partial charge in [-0.05, 0) is 38.8 Å². The van der Waals surface area contributed by atoms with E-state index in [-0.39, 0.29) is 0 Å². The Morgan fingerprint density at radius 2 is 1.15 bits per heavy atom. The lowest BCUT2D eigenvalue weighted by Crippen LogP contribution is -2.60. The Bertz CT molecular complexity index is 332. The third-order valence-corrected chi connectivity index (χ3v) is 6.27. The van der Waals surface area contributed by atoms with Crippen LogP contribution in [0.4, 0.5) is 0 Å². The molecular weight excluding hydrogens is 248 g/mol. The first kappa shape index (κ1) is 13.5. The topological polar surface area (TPSA) is 13.0 Å². The Morgan fingerprint density at radius 1 is 0.600 bits per heavy atom. The maximum absolute atomic E-state index is 2.84. The molecule has 0 radical (unpaired) electrons. The molecule has 0 bridgehead atoms. The monoisotopic (exact) mass is 278 g/mol. The van der Waals surface area contributed by atoms with Crippen LogP contribution in [0.1, 0.15) is 12.8 Å². The second kappa shape index (κ2) is 5.24. The number of likely N-dealkylation sites (tertiary alicyclic amines) is 4. The average Bonchev–Trinajstić information content (AvgIpc) is 2.92. The van der Waals surface area contributed by atoms with Gasteiger partial charge in [-0.15, -0.1) is 0 Å². The lowest BCUT2D eigenvalue weighted by Gasteiger charge is -2.47. The highest BCUT2D eigenvalue weighted by Gasteiger charge is 2.42. The van der Waals surface area contributed by atoms with Gasteiger partial charge in [-0.2, -0.15) is 0 Å². The van der Waals surface area contributed by atoms with E-state index in [9.17, 15) is 0 Å². The number of hydrogen-bond acceptors (Lipinski definition) is 4. The Kier molecular flexibility index (Phi) is 3.53. The maximum Gasteiger partial charge on any atom is 0.0350 e. The Labute approximate surface area is 123 Å². The lowest BCUT2D eigenvalue weighted by atomic mass is 9.99. The molecule has 4 fully saturated rings. The van der Waals surface area contributed by atoms with Crippen LogP contribution in [0.2, 0.25) is 0 Å². The molecule has 4 rings (SSSR count). The molecule has 0 aromatic carbocycles. The highest BCUT2D eigenvalue weighted by Crippen LogP contribution is 2.33. The number of piperidine rings is 1. The molecule has 4 heteroatoms. The van der Waals surface area contributed by atoms with Gasteiger partial charge >= 0.3 is 0 Å². The summed E-state index contributed by atoms with van der Waals surface area (Å²) < 4.78 is 0. The van der Waals surface area contributed by atoms with E-state index in [2.05, 4.69) is 33.7 Å². The van der Waals surface area contributed by atoms with E-state index in [1.54, 1.807) is 0 Å². The third kappa shape index (κ3) is 2.41. The summed E-state index contributed by atoms with van der Waals surface area (Å²) in [6.45, 7) is 10.7. The minimum atomic E-state index is 0.868. The quantitative estimate of drug-likeness (QED) is 0.718. The molecule has 4 aliphatic heterocycles. The Morgan fingerprint density at radius 3 is 1.70 bits per heavy atom. The van der Waals surface area contributed by atoms with Gasteiger partial charge in [0.2, 0.25) is 0 Å². The van der Waals surface area contributed by atoms with Crippen molar-refractivity contribution in [2.45, 2.75) is 24.9 Å². The molecule has 0 aromatic heterocycles. The van der Waals surface area contributed by atoms with Crippen molar-refractivity contribution in [2.24, 2.45) is 11.8 Å². The average molecular weight is 278 g/mol. The standard InChI is InChI=1S/C16H30N4/c1-17-7-13-9-20(10-14(13)8-17)15-3-5-19(6-4-15)16-11-18(2)12-16/h13-16H,3-12H2,1-2H3/t13-,14+. The van der Waals surface area contributed by atoms with Gasteiger partial charge in [-0.3, -0.25) is 9.80 Å². The summed E-state index contributed by atoms with van der Waals surface area (Å²) in [6, 6.07) is 1.76. The molecular formula is C16H30N4. The Balaban J connectivity index is 1.26. The van der Waals surface area contributed by atoms with Crippen molar-refractivity contribution in [3.8, 4) is 0 Å². The molecule has 0 aliphatic carbocycles. The summed E-state index contributed by atoms with van der Waals surface area (Å²) in [5.41, 5.74) is 0. The third-order valence-electron chi connectivity index (χ3n) is 6.27. The molecule has 4 heterocycles. The molecule has 2 atom stereocenters. The predicted octanol–water partition coefficient (Wildman–Crippen LogP) is 0.258. The lowest BCUT2D eigenvalue weighted by molar-refractivity contribution is 0.0191. The fourth-order valence-electron chi connectivity index (χ4n) is 5.08. The smallest absolute Gasteiger partial charge is 0.0350 e. The fourth-order valence-corrected chi connectivity index (χ4v) is 5.08. The SMILES string of the molecule is CN1CC(N2CCC(N3C[C@H]4CN(C)C[C@H]4C3)CC2)C1. The Hall–Kier alpha value is -0.160. The molecule has 0 spiro atoms. The maximum atomic E-state index is 2.84. The zero-order chi connectivity index (χ0) is 13.7. The molecule has 0 unspecified atom stereocenters. The van der Waals surface area contributed by atoms with Crippen molar-refractivity contribution >= 4 is 0 Å². The summed E-state index contributed by atoms with van der Waals surface area (Å²) in [5.74, 6) is 1.94. The molecule has 4 aliphatic rings. The minimum Gasteiger partial charge on any atom is -0.306 e. The van der Waals surface area contributed by atoms with Gasteiger partial charge < -0.3 is 9.80 Å². The van der Waals surface area contributed by atoms with Gasteiger partial charge in [-0.25, -0.2) is 0 Å². The molecule has 20 heavy (non-hydrogen) atoms. The molecule has 4 saturated heterocycles. The van der Waals surface area contributed by atoms with Crippen LogP contribution in [0.25, 0.3) is 0 Å². The molecule has 114 valence electrons. The van der Waals surface area contributed by atoms with E-state index in [1.165, 1.54) is 65.2 Å². The van der Waals surface area contributed by atoms with Gasteiger partial charge in [0, 0.05) is 64.4 Å². The summed E-state index contributed by atoms with van der Waals surface area (Å²) >= 11 is 0. The normalized spacial score (nSPS) is 39.3. The first-order chi connectivity index (χ1) is 9.69. The molecule has 0 amide bonds. The van der Waals surface area contributed by atoms with E-state index < -0.39 is 0 Å². The van der Waals surface area contributed by atoms with Crippen molar-refractivity contribution in [3.05, 3.63) is 0 Å². The molecule has 0 aromatic rings. The summed E-state index contributed by atoms with van der Waals surface area (Å²) in [7, 11) is 4.53. The van der Waals surface area contributed by atoms with Crippen LogP contribution in [0.3, 0.4) is 0 Å². The van der Waals surface area contributed by atoms with E-state index in [0.29, 0.717) is 0 Å². The van der Waals surface area contributed by atoms with Crippen molar-refractivity contribution in [3.63, 3.8) is 0 Å². The zero-order valence-electron chi connectivity index (χ0n) is 13.2. The van der Waals surface area contributed by atoms with Crippen molar-refractivity contribution < 1.29 is 0 Å². The summed E-state index contributed by atoms with van der Waals surface area (Å²) in [4.78, 5) is 10.6. The van der Waals surface area contributed by atoms with Crippen LogP contribution < -0.4 is 0 Å². The van der Waals surface area contributed by atoms with Crippen molar-refractivity contribution in [2.75, 3.05) is 66.5 Å². The van der Waals surface area contributed by atoms with E-state index in [4.69, 9.17) is 0 Å². The van der Waals surface area contributed by atoms with Crippen molar-refractivity contribution in [1.82, 2.24) is 19.6 Å². The summed E-state index contributed by atoms with van der Waals surface area (Å²) in [6.07, 6.45) is 2.82. The van der Waals surface area contributed by atoms with Crippen LogP contribution in [-0.4, -0.2) is 98.1 Å². The number of likely N-dealkylation sites (N-methyl/N-ethyl adjacent to an activating group) is 1. The number of rotatable bonds is 2. The van der Waals surface area contributed by atoms with Crippen LogP contribution in [-0.2, 0) is 0 Å². The van der Waals surface area contributed by atoms with Gasteiger partial charge in [0.05, 0.1) is 0 Å². The van der Waals surface area contributed by atoms with Gasteiger partial charge in [-0.1, -0.05) is 0 Å². The largest absolute Gasteiger partial charge is 0.306 e. The van der Waals surface area contributed by atoms with Gasteiger partial charge in [0.25, 0.3) is 0 Å². The number of hydrogen-bond donors (Lipinski definition) is 0. The number of nitrogens with zero attached hydrogens (tertiary/aromatic N) is 4. The first-order valence-electron chi connectivity index (χ1n) is 8.54. The van der Waals surface area contributed by atoms with Crippen molar-refractivity contribution in [1.29, 1.82) is 0 Å². The van der Waals surface area contributed by atoms with Gasteiger partial charge in [0.1, 0.15) is 0 Å². The summed E-state index contributed by atoms with van der Waals surface area (Å²) in [5, 5.41) is 0. The van der Waals surface area contributed by atoms with E-state index in [1.807, 2.05) is 0 Å². The zero-order valence-corrected chi connectivity index (χ0v) is 13.2. The minimum absolute atomic E-state index is 0.868. The van der Waals surface area contributed by atoms with Crippen LogP contribution in [0.15, 0.2) is 0 Å². The van der Waals surface area contributed by atoms with Crippen LogP contribution >= 0.6 is 0 Å². The predicted molar refractivity (Wildman–Crippen MR) is 81.9 cm³/mol. The van der Waals surface area contributed by atoms with E-state index >= 15 is 0 Å². The second-order valence-electron chi connectivity index (χ2n) is 7.84. The van der Waals surface area contributed by atoms with Crippen LogP contribution in [0, 0.1) is 11.8 Å². The van der Waals surface area contributed by atoms with Gasteiger partial charge in [0.15, 0.2) is 0 Å². The second-order valence-corrected chi connectivity index (χ2v) is 7.84. The van der Waals surface area contributed by atoms with E-state index in [0.717, 1.165) is 23.9 Å². The fraction of sp³-hybridized carbons (Fsp3) is 1.00. The molecule has 0 saturated carbocycles.